The third-order valence-electron chi connectivity index (χ3n) is 3.53. The second-order valence-electron chi connectivity index (χ2n) is 5.09. The van der Waals surface area contributed by atoms with E-state index in [0.717, 1.165) is 19.4 Å². The van der Waals surface area contributed by atoms with E-state index >= 15 is 0 Å². The smallest absolute Gasteiger partial charge is 0.223 e. The third-order valence-corrected chi connectivity index (χ3v) is 3.84. The Kier molecular flexibility index (Phi) is 5.68. The lowest BCUT2D eigenvalue weighted by atomic mass is 10.1. The maximum absolute atomic E-state index is 12.0. The molecule has 1 aromatic carbocycles. The summed E-state index contributed by atoms with van der Waals surface area (Å²) in [7, 11) is 1.81. The van der Waals surface area contributed by atoms with Crippen molar-refractivity contribution in [3.8, 4) is 5.75 Å². The van der Waals surface area contributed by atoms with Gasteiger partial charge in [0.2, 0.25) is 5.91 Å². The van der Waals surface area contributed by atoms with Crippen molar-refractivity contribution < 1.29 is 9.53 Å². The lowest BCUT2D eigenvalue weighted by Crippen LogP contribution is -2.35. The molecule has 1 fully saturated rings. The Morgan fingerprint density at radius 3 is 3.00 bits per heavy atom. The van der Waals surface area contributed by atoms with Crippen molar-refractivity contribution in [3.05, 3.63) is 29.3 Å². The summed E-state index contributed by atoms with van der Waals surface area (Å²) in [5.41, 5.74) is 0. The molecule has 1 aliphatic rings. The molecule has 0 aromatic heterocycles. The summed E-state index contributed by atoms with van der Waals surface area (Å²) in [5, 5.41) is 3.93. The van der Waals surface area contributed by atoms with Crippen molar-refractivity contribution >= 4 is 17.5 Å². The van der Waals surface area contributed by atoms with Crippen molar-refractivity contribution in [3.63, 3.8) is 0 Å². The zero-order valence-electron chi connectivity index (χ0n) is 11.8. The number of carbonyl (C=O) groups is 1. The van der Waals surface area contributed by atoms with Gasteiger partial charge in [-0.3, -0.25) is 4.79 Å². The summed E-state index contributed by atoms with van der Waals surface area (Å²) in [5.74, 6) is 0.819. The SMILES string of the molecule is CN(CCOc1ccccc1Cl)C(=O)CC1CCCN1. The van der Waals surface area contributed by atoms with Gasteiger partial charge in [-0.1, -0.05) is 23.7 Å². The number of benzene rings is 1. The van der Waals surface area contributed by atoms with Crippen molar-refractivity contribution in [2.45, 2.75) is 25.3 Å². The average Bonchev–Trinajstić information content (AvgIpc) is 2.93. The highest BCUT2D eigenvalue weighted by atomic mass is 35.5. The van der Waals surface area contributed by atoms with Crippen molar-refractivity contribution in [1.29, 1.82) is 0 Å². The van der Waals surface area contributed by atoms with Crippen LogP contribution in [0.15, 0.2) is 24.3 Å². The van der Waals surface area contributed by atoms with Crippen LogP contribution in [-0.4, -0.2) is 43.6 Å². The Morgan fingerprint density at radius 1 is 1.50 bits per heavy atom. The van der Waals surface area contributed by atoms with E-state index in [1.54, 1.807) is 11.0 Å². The summed E-state index contributed by atoms with van der Waals surface area (Å²) in [6.45, 7) is 2.04. The molecule has 1 atom stereocenters. The number of halogens is 1. The molecule has 1 aliphatic heterocycles. The molecule has 0 aliphatic carbocycles. The van der Waals surface area contributed by atoms with Gasteiger partial charge in [0.25, 0.3) is 0 Å². The Morgan fingerprint density at radius 2 is 2.30 bits per heavy atom. The highest BCUT2D eigenvalue weighted by Gasteiger charge is 2.19. The summed E-state index contributed by atoms with van der Waals surface area (Å²) in [4.78, 5) is 13.7. The molecule has 0 radical (unpaired) electrons. The van der Waals surface area contributed by atoms with E-state index in [2.05, 4.69) is 5.32 Å². The van der Waals surface area contributed by atoms with Gasteiger partial charge >= 0.3 is 0 Å². The number of carbonyl (C=O) groups excluding carboxylic acids is 1. The average molecular weight is 297 g/mol. The number of para-hydroxylation sites is 1. The predicted molar refractivity (Wildman–Crippen MR) is 80.2 cm³/mol. The third kappa shape index (κ3) is 4.39. The molecular weight excluding hydrogens is 276 g/mol. The van der Waals surface area contributed by atoms with Gasteiger partial charge in [-0.05, 0) is 31.5 Å². The molecule has 0 spiro atoms. The van der Waals surface area contributed by atoms with E-state index in [4.69, 9.17) is 16.3 Å². The zero-order chi connectivity index (χ0) is 14.4. The van der Waals surface area contributed by atoms with E-state index in [1.165, 1.54) is 0 Å². The number of nitrogens with one attached hydrogen (secondary N) is 1. The first-order valence-electron chi connectivity index (χ1n) is 7.01. The van der Waals surface area contributed by atoms with Crippen LogP contribution in [0.1, 0.15) is 19.3 Å². The summed E-state index contributed by atoms with van der Waals surface area (Å²) < 4.78 is 5.59. The number of ether oxygens (including phenoxy) is 1. The van der Waals surface area contributed by atoms with Gasteiger partial charge in [0.15, 0.2) is 0 Å². The molecule has 2 rings (SSSR count). The van der Waals surface area contributed by atoms with Crippen LogP contribution in [0.2, 0.25) is 5.02 Å². The van der Waals surface area contributed by atoms with Crippen LogP contribution < -0.4 is 10.1 Å². The van der Waals surface area contributed by atoms with Crippen LogP contribution in [0.5, 0.6) is 5.75 Å². The standard InChI is InChI=1S/C15H21ClN2O2/c1-18(15(19)11-12-5-4-8-17-12)9-10-20-14-7-3-2-6-13(14)16/h2-3,6-7,12,17H,4-5,8-11H2,1H3. The second-order valence-corrected chi connectivity index (χ2v) is 5.50. The first kappa shape index (κ1) is 15.1. The number of nitrogens with zero attached hydrogens (tertiary/aromatic N) is 1. The maximum atomic E-state index is 12.0. The highest BCUT2D eigenvalue weighted by Crippen LogP contribution is 2.22. The minimum Gasteiger partial charge on any atom is -0.490 e. The molecule has 110 valence electrons. The fourth-order valence-corrected chi connectivity index (χ4v) is 2.47. The molecule has 20 heavy (non-hydrogen) atoms. The monoisotopic (exact) mass is 296 g/mol. The molecule has 0 saturated carbocycles. The zero-order valence-corrected chi connectivity index (χ0v) is 12.5. The Labute approximate surface area is 125 Å². The molecule has 1 saturated heterocycles. The lowest BCUT2D eigenvalue weighted by molar-refractivity contribution is -0.130. The van der Waals surface area contributed by atoms with Gasteiger partial charge in [0, 0.05) is 19.5 Å². The Hall–Kier alpha value is -1.26. The normalized spacial score (nSPS) is 18.0. The number of likely N-dealkylation sites (N-methyl/N-ethyl adjacent to an activating group) is 1. The molecule has 4 nitrogen and oxygen atoms in total. The van der Waals surface area contributed by atoms with Crippen LogP contribution >= 0.6 is 11.6 Å². The van der Waals surface area contributed by atoms with Crippen molar-refractivity contribution in [1.82, 2.24) is 10.2 Å². The fourth-order valence-electron chi connectivity index (χ4n) is 2.28. The lowest BCUT2D eigenvalue weighted by Gasteiger charge is -2.19. The Balaban J connectivity index is 1.70. The highest BCUT2D eigenvalue weighted by molar-refractivity contribution is 6.32. The van der Waals surface area contributed by atoms with E-state index < -0.39 is 0 Å². The summed E-state index contributed by atoms with van der Waals surface area (Å²) >= 11 is 6.00. The second kappa shape index (κ2) is 7.50. The van der Waals surface area contributed by atoms with Gasteiger partial charge in [-0.25, -0.2) is 0 Å². The largest absolute Gasteiger partial charge is 0.490 e. The van der Waals surface area contributed by atoms with Crippen LogP contribution in [0, 0.1) is 0 Å². The van der Waals surface area contributed by atoms with Crippen molar-refractivity contribution in [2.75, 3.05) is 26.7 Å². The van der Waals surface area contributed by atoms with Crippen LogP contribution in [0.4, 0.5) is 0 Å². The molecule has 5 heteroatoms. The molecule has 1 amide bonds. The van der Waals surface area contributed by atoms with Gasteiger partial charge in [0.1, 0.15) is 12.4 Å². The number of rotatable bonds is 6. The molecule has 1 heterocycles. The van der Waals surface area contributed by atoms with Gasteiger partial charge in [-0.15, -0.1) is 0 Å². The fraction of sp³-hybridized carbons (Fsp3) is 0.533. The van der Waals surface area contributed by atoms with Crippen LogP contribution in [0.25, 0.3) is 0 Å². The van der Waals surface area contributed by atoms with E-state index in [-0.39, 0.29) is 5.91 Å². The minimum atomic E-state index is 0.159. The van der Waals surface area contributed by atoms with E-state index in [1.807, 2.05) is 25.2 Å². The van der Waals surface area contributed by atoms with Crippen LogP contribution in [-0.2, 0) is 4.79 Å². The summed E-state index contributed by atoms with van der Waals surface area (Å²) in [6.07, 6.45) is 2.83. The topological polar surface area (TPSA) is 41.6 Å². The quantitative estimate of drug-likeness (QED) is 0.876. The molecular formula is C15H21ClN2O2. The molecule has 0 bridgehead atoms. The van der Waals surface area contributed by atoms with Crippen LogP contribution in [0.3, 0.4) is 0 Å². The van der Waals surface area contributed by atoms with Gasteiger partial charge < -0.3 is 15.0 Å². The number of amides is 1. The molecule has 1 aromatic rings. The summed E-state index contributed by atoms with van der Waals surface area (Å²) in [6, 6.07) is 7.69. The maximum Gasteiger partial charge on any atom is 0.223 e. The van der Waals surface area contributed by atoms with Gasteiger partial charge in [0.05, 0.1) is 11.6 Å². The Bertz CT molecular complexity index is 447. The predicted octanol–water partition coefficient (Wildman–Crippen LogP) is 2.32. The molecule has 1 N–H and O–H groups in total. The van der Waals surface area contributed by atoms with Crippen molar-refractivity contribution in [2.24, 2.45) is 0 Å². The van der Waals surface area contributed by atoms with Gasteiger partial charge in [-0.2, -0.15) is 0 Å². The molecule has 1 unspecified atom stereocenters. The number of hydrogen-bond donors (Lipinski definition) is 1. The first-order valence-corrected chi connectivity index (χ1v) is 7.39. The van der Waals surface area contributed by atoms with E-state index in [0.29, 0.717) is 36.4 Å². The minimum absolute atomic E-state index is 0.159. The first-order chi connectivity index (χ1) is 9.66. The van der Waals surface area contributed by atoms with E-state index in [9.17, 15) is 4.79 Å². The number of hydrogen-bond acceptors (Lipinski definition) is 3.